The third-order valence-electron chi connectivity index (χ3n) is 2.59. The van der Waals surface area contributed by atoms with E-state index in [0.29, 0.717) is 13.2 Å². The summed E-state index contributed by atoms with van der Waals surface area (Å²) in [5, 5.41) is 2.70. The van der Waals surface area contributed by atoms with E-state index in [1.54, 1.807) is 0 Å². The molecule has 0 heterocycles. The zero-order valence-electron chi connectivity index (χ0n) is 12.9. The molecule has 112 valence electrons. The highest BCUT2D eigenvalue weighted by Crippen LogP contribution is 2.12. The van der Waals surface area contributed by atoms with E-state index in [2.05, 4.69) is 24.4 Å². The van der Waals surface area contributed by atoms with Crippen LogP contribution in [0.1, 0.15) is 39.7 Å². The number of hydrogen-bond donors (Lipinski definition) is 1. The lowest BCUT2D eigenvalue weighted by molar-refractivity contribution is 0.0525. The number of nitrogens with one attached hydrogen (secondary N) is 1. The number of benzene rings is 1. The van der Waals surface area contributed by atoms with Crippen molar-refractivity contribution >= 4 is 6.09 Å². The van der Waals surface area contributed by atoms with E-state index in [-0.39, 0.29) is 6.09 Å². The van der Waals surface area contributed by atoms with Crippen LogP contribution in [-0.2, 0) is 11.2 Å². The molecule has 1 rings (SSSR count). The molecule has 0 saturated heterocycles. The largest absolute Gasteiger partial charge is 0.494 e. The minimum Gasteiger partial charge on any atom is -0.494 e. The molecule has 0 spiro atoms. The summed E-state index contributed by atoms with van der Waals surface area (Å²) in [5.74, 6) is 0.861. The highest BCUT2D eigenvalue weighted by molar-refractivity contribution is 5.67. The number of amides is 1. The Bertz CT molecular complexity index is 407. The van der Waals surface area contributed by atoms with Gasteiger partial charge in [-0.2, -0.15) is 0 Å². The Morgan fingerprint density at radius 2 is 1.85 bits per heavy atom. The minimum atomic E-state index is -0.457. The molecule has 4 nitrogen and oxygen atoms in total. The van der Waals surface area contributed by atoms with Gasteiger partial charge in [0.25, 0.3) is 0 Å². The molecule has 0 aliphatic carbocycles. The highest BCUT2D eigenvalue weighted by atomic mass is 16.6. The van der Waals surface area contributed by atoms with Gasteiger partial charge < -0.3 is 14.8 Å². The molecule has 0 bridgehead atoms. The van der Waals surface area contributed by atoms with Crippen LogP contribution in [0.2, 0.25) is 0 Å². The van der Waals surface area contributed by atoms with Crippen molar-refractivity contribution < 1.29 is 14.3 Å². The zero-order valence-corrected chi connectivity index (χ0v) is 12.9. The molecule has 0 fully saturated rings. The third-order valence-corrected chi connectivity index (χ3v) is 2.59. The fourth-order valence-corrected chi connectivity index (χ4v) is 1.59. The van der Waals surface area contributed by atoms with Gasteiger partial charge in [0.1, 0.15) is 11.4 Å². The van der Waals surface area contributed by atoms with Crippen molar-refractivity contribution in [2.45, 2.75) is 46.1 Å². The highest BCUT2D eigenvalue weighted by Gasteiger charge is 2.15. The molecular formula is C16H25NO3. The first-order chi connectivity index (χ1) is 9.40. The third kappa shape index (κ3) is 7.02. The Morgan fingerprint density at radius 1 is 1.20 bits per heavy atom. The quantitative estimate of drug-likeness (QED) is 0.810. The van der Waals surface area contributed by atoms with Crippen molar-refractivity contribution in [3.8, 4) is 5.75 Å². The second-order valence-electron chi connectivity index (χ2n) is 5.63. The van der Waals surface area contributed by atoms with Crippen LogP contribution in [0, 0.1) is 0 Å². The second-order valence-corrected chi connectivity index (χ2v) is 5.63. The molecule has 0 saturated carbocycles. The maximum Gasteiger partial charge on any atom is 0.407 e. The van der Waals surface area contributed by atoms with Crippen molar-refractivity contribution in [2.75, 3.05) is 13.2 Å². The lowest BCUT2D eigenvalue weighted by Gasteiger charge is -2.19. The van der Waals surface area contributed by atoms with Crippen LogP contribution in [0.25, 0.3) is 0 Å². The van der Waals surface area contributed by atoms with Gasteiger partial charge in [-0.15, -0.1) is 0 Å². The smallest absolute Gasteiger partial charge is 0.407 e. The van der Waals surface area contributed by atoms with Crippen molar-refractivity contribution in [1.82, 2.24) is 5.32 Å². The van der Waals surface area contributed by atoms with Gasteiger partial charge in [-0.3, -0.25) is 0 Å². The van der Waals surface area contributed by atoms with E-state index in [9.17, 15) is 4.79 Å². The molecule has 1 aromatic carbocycles. The number of alkyl carbamates (subject to hydrolysis) is 1. The van der Waals surface area contributed by atoms with Crippen LogP contribution in [-0.4, -0.2) is 24.8 Å². The summed E-state index contributed by atoms with van der Waals surface area (Å²) in [5.41, 5.74) is 0.839. The predicted octanol–water partition coefficient (Wildman–Crippen LogP) is 3.54. The number of ether oxygens (including phenoxy) is 2. The molecule has 4 heteroatoms. The molecule has 1 N–H and O–H groups in total. The van der Waals surface area contributed by atoms with Gasteiger partial charge in [0.2, 0.25) is 0 Å². The second kappa shape index (κ2) is 7.78. The Kier molecular flexibility index (Phi) is 6.36. The summed E-state index contributed by atoms with van der Waals surface area (Å²) in [4.78, 5) is 11.4. The maximum absolute atomic E-state index is 11.4. The van der Waals surface area contributed by atoms with Crippen LogP contribution in [0.5, 0.6) is 5.75 Å². The number of rotatable bonds is 6. The standard InChI is InChI=1S/C16H25NO3/c1-5-13-7-9-14(10-8-13)19-12-6-11-17-15(18)20-16(2,3)4/h7-10H,5-6,11-12H2,1-4H3,(H,17,18). The first-order valence-electron chi connectivity index (χ1n) is 7.09. The lowest BCUT2D eigenvalue weighted by Crippen LogP contribution is -2.33. The Morgan fingerprint density at radius 3 is 2.40 bits per heavy atom. The summed E-state index contributed by atoms with van der Waals surface area (Å²) >= 11 is 0. The normalized spacial score (nSPS) is 11.0. The van der Waals surface area contributed by atoms with Gasteiger partial charge in [0, 0.05) is 6.54 Å². The summed E-state index contributed by atoms with van der Waals surface area (Å²) in [6.07, 6.45) is 1.39. The van der Waals surface area contributed by atoms with Crippen LogP contribution in [0.3, 0.4) is 0 Å². The average Bonchev–Trinajstić information content (AvgIpc) is 2.37. The summed E-state index contributed by atoms with van der Waals surface area (Å²) in [6.45, 7) is 8.77. The van der Waals surface area contributed by atoms with Gasteiger partial charge in [0.15, 0.2) is 0 Å². The van der Waals surface area contributed by atoms with E-state index in [0.717, 1.165) is 18.6 Å². The summed E-state index contributed by atoms with van der Waals surface area (Å²) in [7, 11) is 0. The van der Waals surface area contributed by atoms with Crippen LogP contribution in [0.4, 0.5) is 4.79 Å². The van der Waals surface area contributed by atoms with Crippen LogP contribution < -0.4 is 10.1 Å². The monoisotopic (exact) mass is 279 g/mol. The molecule has 1 aromatic rings. The van der Waals surface area contributed by atoms with Gasteiger partial charge in [-0.05, 0) is 51.3 Å². The molecular weight excluding hydrogens is 254 g/mol. The van der Waals surface area contributed by atoms with Crippen molar-refractivity contribution in [2.24, 2.45) is 0 Å². The maximum atomic E-state index is 11.4. The number of carbonyl (C=O) groups excluding carboxylic acids is 1. The number of hydrogen-bond acceptors (Lipinski definition) is 3. The van der Waals surface area contributed by atoms with Gasteiger partial charge in [0.05, 0.1) is 6.61 Å². The van der Waals surface area contributed by atoms with Crippen molar-refractivity contribution in [3.63, 3.8) is 0 Å². The number of aryl methyl sites for hydroxylation is 1. The average molecular weight is 279 g/mol. The Labute approximate surface area is 121 Å². The SMILES string of the molecule is CCc1ccc(OCCCNC(=O)OC(C)(C)C)cc1. The first-order valence-corrected chi connectivity index (χ1v) is 7.09. The summed E-state index contributed by atoms with van der Waals surface area (Å²) in [6, 6.07) is 8.07. The minimum absolute atomic E-state index is 0.384. The molecule has 0 atom stereocenters. The number of carbonyl (C=O) groups is 1. The fourth-order valence-electron chi connectivity index (χ4n) is 1.59. The Hall–Kier alpha value is -1.71. The molecule has 0 unspecified atom stereocenters. The lowest BCUT2D eigenvalue weighted by atomic mass is 10.2. The zero-order chi connectivity index (χ0) is 15.0. The van der Waals surface area contributed by atoms with Crippen molar-refractivity contribution in [3.05, 3.63) is 29.8 Å². The van der Waals surface area contributed by atoms with Crippen molar-refractivity contribution in [1.29, 1.82) is 0 Å². The molecule has 20 heavy (non-hydrogen) atoms. The molecule has 0 aliphatic heterocycles. The molecule has 1 amide bonds. The van der Waals surface area contributed by atoms with Crippen LogP contribution >= 0.6 is 0 Å². The summed E-state index contributed by atoms with van der Waals surface area (Å²) < 4.78 is 10.7. The topological polar surface area (TPSA) is 47.6 Å². The van der Waals surface area contributed by atoms with Gasteiger partial charge in [-0.25, -0.2) is 4.79 Å². The predicted molar refractivity (Wildman–Crippen MR) is 80.2 cm³/mol. The Balaban J connectivity index is 2.14. The van der Waals surface area contributed by atoms with Gasteiger partial charge >= 0.3 is 6.09 Å². The van der Waals surface area contributed by atoms with E-state index in [1.165, 1.54) is 5.56 Å². The molecule has 0 aliphatic rings. The van der Waals surface area contributed by atoms with Gasteiger partial charge in [-0.1, -0.05) is 19.1 Å². The van der Waals surface area contributed by atoms with E-state index < -0.39 is 5.60 Å². The molecule has 0 radical (unpaired) electrons. The fraction of sp³-hybridized carbons (Fsp3) is 0.562. The first kappa shape index (κ1) is 16.3. The van der Waals surface area contributed by atoms with E-state index >= 15 is 0 Å². The van der Waals surface area contributed by atoms with E-state index in [1.807, 2.05) is 32.9 Å². The molecule has 0 aromatic heterocycles. The van der Waals surface area contributed by atoms with Crippen LogP contribution in [0.15, 0.2) is 24.3 Å². The van der Waals surface area contributed by atoms with E-state index in [4.69, 9.17) is 9.47 Å².